The Labute approximate surface area is 157 Å². The zero-order valence-corrected chi connectivity index (χ0v) is 15.2. The lowest BCUT2D eigenvalue weighted by Crippen LogP contribution is -2.47. The topological polar surface area (TPSA) is 66.4 Å². The third kappa shape index (κ3) is 3.51. The van der Waals surface area contributed by atoms with Gasteiger partial charge in [-0.3, -0.25) is 9.59 Å². The number of aryl methyl sites for hydroxylation is 1. The van der Waals surface area contributed by atoms with Crippen LogP contribution in [0.5, 0.6) is 0 Å². The molecule has 2 amide bonds. The first-order chi connectivity index (χ1) is 13.1. The number of anilines is 2. The molecule has 2 N–H and O–H groups in total. The van der Waals surface area contributed by atoms with Crippen molar-refractivity contribution in [2.45, 2.75) is 6.42 Å². The van der Waals surface area contributed by atoms with Gasteiger partial charge in [0.2, 0.25) is 11.8 Å². The molecule has 0 atom stereocenters. The fourth-order valence-corrected chi connectivity index (χ4v) is 3.63. The molecule has 0 aliphatic carbocycles. The van der Waals surface area contributed by atoms with Gasteiger partial charge in [0, 0.05) is 37.2 Å². The normalized spacial score (nSPS) is 14.3. The van der Waals surface area contributed by atoms with Gasteiger partial charge in [0.25, 0.3) is 0 Å². The summed E-state index contributed by atoms with van der Waals surface area (Å²) in [7, 11) is 1.99. The zero-order chi connectivity index (χ0) is 18.8. The molecule has 0 spiro atoms. The minimum atomic E-state index is -0.0692. The van der Waals surface area contributed by atoms with Gasteiger partial charge in [-0.15, -0.1) is 0 Å². The number of aromatic nitrogens is 1. The molecular weight excluding hydrogens is 340 g/mol. The molecule has 1 saturated heterocycles. The van der Waals surface area contributed by atoms with Crippen LogP contribution in [0.3, 0.4) is 0 Å². The van der Waals surface area contributed by atoms with Gasteiger partial charge in [-0.05, 0) is 23.8 Å². The molecule has 6 nitrogen and oxygen atoms in total. The molecule has 2 heterocycles. The smallest absolute Gasteiger partial charge is 0.239 e. The highest BCUT2D eigenvalue weighted by atomic mass is 16.2. The molecule has 4 rings (SSSR count). The molecule has 1 fully saturated rings. The highest BCUT2D eigenvalue weighted by molar-refractivity contribution is 5.98. The summed E-state index contributed by atoms with van der Waals surface area (Å²) in [6.07, 6.45) is 2.31. The second-order valence-corrected chi connectivity index (χ2v) is 6.80. The summed E-state index contributed by atoms with van der Waals surface area (Å²) in [6.45, 7) is 1.63. The van der Waals surface area contributed by atoms with Crippen LogP contribution in [0.2, 0.25) is 0 Å². The van der Waals surface area contributed by atoms with Crippen LogP contribution in [-0.2, 0) is 23.1 Å². The number of para-hydroxylation sites is 3. The minimum absolute atomic E-state index is 0.00173. The lowest BCUT2D eigenvalue weighted by molar-refractivity contribution is -0.120. The van der Waals surface area contributed by atoms with Crippen molar-refractivity contribution in [1.29, 1.82) is 0 Å². The van der Waals surface area contributed by atoms with Crippen molar-refractivity contribution in [1.82, 2.24) is 9.88 Å². The first kappa shape index (κ1) is 17.1. The van der Waals surface area contributed by atoms with Gasteiger partial charge in [0.15, 0.2) is 0 Å². The summed E-state index contributed by atoms with van der Waals surface area (Å²) in [4.78, 5) is 26.4. The SMILES string of the molecule is Cn1cc(CC(=O)Nc2ccccc2N2CCNC(=O)C2)c2ccccc21. The number of nitrogens with one attached hydrogen (secondary N) is 2. The van der Waals surface area contributed by atoms with Crippen LogP contribution < -0.4 is 15.5 Å². The quantitative estimate of drug-likeness (QED) is 0.748. The van der Waals surface area contributed by atoms with Crippen LogP contribution in [0, 0.1) is 0 Å². The van der Waals surface area contributed by atoms with Crippen LogP contribution in [-0.4, -0.2) is 36.0 Å². The van der Waals surface area contributed by atoms with E-state index in [-0.39, 0.29) is 11.8 Å². The molecule has 6 heteroatoms. The number of fused-ring (bicyclic) bond motifs is 1. The predicted octanol–water partition coefficient (Wildman–Crippen LogP) is 2.30. The maximum absolute atomic E-state index is 12.7. The molecule has 3 aromatic rings. The molecule has 1 aromatic heterocycles. The molecule has 0 unspecified atom stereocenters. The maximum Gasteiger partial charge on any atom is 0.239 e. The Morgan fingerprint density at radius 3 is 2.78 bits per heavy atom. The highest BCUT2D eigenvalue weighted by Crippen LogP contribution is 2.27. The van der Waals surface area contributed by atoms with Crippen LogP contribution in [0.25, 0.3) is 10.9 Å². The second-order valence-electron chi connectivity index (χ2n) is 6.80. The summed E-state index contributed by atoms with van der Waals surface area (Å²) in [5.41, 5.74) is 3.72. The maximum atomic E-state index is 12.7. The zero-order valence-electron chi connectivity index (χ0n) is 15.2. The third-order valence-corrected chi connectivity index (χ3v) is 4.89. The van der Waals surface area contributed by atoms with E-state index in [0.29, 0.717) is 19.5 Å². The van der Waals surface area contributed by atoms with Crippen LogP contribution >= 0.6 is 0 Å². The average molecular weight is 362 g/mol. The molecule has 0 bridgehead atoms. The van der Waals surface area contributed by atoms with E-state index in [4.69, 9.17) is 0 Å². The first-order valence-electron chi connectivity index (χ1n) is 9.05. The van der Waals surface area contributed by atoms with E-state index in [1.807, 2.05) is 71.2 Å². The first-order valence-corrected chi connectivity index (χ1v) is 9.05. The van der Waals surface area contributed by atoms with E-state index in [2.05, 4.69) is 10.6 Å². The van der Waals surface area contributed by atoms with Crippen molar-refractivity contribution in [3.63, 3.8) is 0 Å². The number of piperazine rings is 1. The Kier molecular flexibility index (Phi) is 4.54. The summed E-state index contributed by atoms with van der Waals surface area (Å²) >= 11 is 0. The van der Waals surface area contributed by atoms with Crippen molar-refractivity contribution in [3.05, 3.63) is 60.3 Å². The third-order valence-electron chi connectivity index (χ3n) is 4.89. The minimum Gasteiger partial charge on any atom is -0.359 e. The molecule has 1 aliphatic rings. The van der Waals surface area contributed by atoms with Gasteiger partial charge < -0.3 is 20.1 Å². The van der Waals surface area contributed by atoms with Crippen LogP contribution in [0.1, 0.15) is 5.56 Å². The number of carbonyl (C=O) groups excluding carboxylic acids is 2. The Balaban J connectivity index is 1.54. The van der Waals surface area contributed by atoms with Crippen LogP contribution in [0.4, 0.5) is 11.4 Å². The summed E-state index contributed by atoms with van der Waals surface area (Å²) in [5.74, 6) is -0.0709. The lowest BCUT2D eigenvalue weighted by Gasteiger charge is -2.30. The van der Waals surface area contributed by atoms with Crippen molar-refractivity contribution < 1.29 is 9.59 Å². The molecule has 0 radical (unpaired) electrons. The van der Waals surface area contributed by atoms with E-state index >= 15 is 0 Å². The fourth-order valence-electron chi connectivity index (χ4n) is 3.63. The number of benzene rings is 2. The van der Waals surface area contributed by atoms with E-state index < -0.39 is 0 Å². The summed E-state index contributed by atoms with van der Waals surface area (Å²) in [6, 6.07) is 15.7. The molecule has 0 saturated carbocycles. The Hall–Kier alpha value is -3.28. The van der Waals surface area contributed by atoms with E-state index in [0.717, 1.165) is 34.4 Å². The Bertz CT molecular complexity index is 1010. The summed E-state index contributed by atoms with van der Waals surface area (Å²) < 4.78 is 2.04. The number of amides is 2. The summed E-state index contributed by atoms with van der Waals surface area (Å²) in [5, 5.41) is 6.94. The molecule has 1 aliphatic heterocycles. The monoisotopic (exact) mass is 362 g/mol. The number of rotatable bonds is 4. The van der Waals surface area contributed by atoms with E-state index in [1.165, 1.54) is 0 Å². The second kappa shape index (κ2) is 7.15. The lowest BCUT2D eigenvalue weighted by atomic mass is 10.1. The fraction of sp³-hybridized carbons (Fsp3) is 0.238. The van der Waals surface area contributed by atoms with Gasteiger partial charge in [0.1, 0.15) is 0 Å². The van der Waals surface area contributed by atoms with Crippen molar-refractivity contribution in [3.8, 4) is 0 Å². The van der Waals surface area contributed by atoms with Crippen molar-refractivity contribution in [2.24, 2.45) is 7.05 Å². The molecular formula is C21H22N4O2. The largest absolute Gasteiger partial charge is 0.359 e. The van der Waals surface area contributed by atoms with Gasteiger partial charge >= 0.3 is 0 Å². The van der Waals surface area contributed by atoms with Gasteiger partial charge in [-0.2, -0.15) is 0 Å². The standard InChI is InChI=1S/C21H22N4O2/c1-24-13-15(16-6-2-4-8-18(16)24)12-20(26)23-17-7-3-5-9-19(17)25-11-10-22-21(27)14-25/h2-9,13H,10-12,14H2,1H3,(H,22,27)(H,23,26). The molecule has 138 valence electrons. The predicted molar refractivity (Wildman–Crippen MR) is 107 cm³/mol. The Morgan fingerprint density at radius 2 is 1.93 bits per heavy atom. The number of nitrogens with zero attached hydrogens (tertiary/aromatic N) is 2. The molecule has 2 aromatic carbocycles. The van der Waals surface area contributed by atoms with Crippen LogP contribution in [0.15, 0.2) is 54.7 Å². The average Bonchev–Trinajstić information content (AvgIpc) is 2.98. The van der Waals surface area contributed by atoms with Gasteiger partial charge in [-0.1, -0.05) is 30.3 Å². The van der Waals surface area contributed by atoms with Crippen molar-refractivity contribution in [2.75, 3.05) is 29.9 Å². The number of carbonyl (C=O) groups is 2. The molecule has 27 heavy (non-hydrogen) atoms. The van der Waals surface area contributed by atoms with E-state index in [1.54, 1.807) is 0 Å². The van der Waals surface area contributed by atoms with Gasteiger partial charge in [0.05, 0.1) is 24.3 Å². The highest BCUT2D eigenvalue weighted by Gasteiger charge is 2.20. The Morgan fingerprint density at radius 1 is 1.15 bits per heavy atom. The van der Waals surface area contributed by atoms with E-state index in [9.17, 15) is 9.59 Å². The van der Waals surface area contributed by atoms with Crippen molar-refractivity contribution >= 4 is 34.1 Å². The van der Waals surface area contributed by atoms with Gasteiger partial charge in [-0.25, -0.2) is 0 Å². The number of hydrogen-bond donors (Lipinski definition) is 2. The number of hydrogen-bond acceptors (Lipinski definition) is 3.